The third kappa shape index (κ3) is 6.51. The molecule has 0 saturated carbocycles. The molecule has 0 aromatic heterocycles. The van der Waals surface area contributed by atoms with Crippen LogP contribution in [-0.4, -0.2) is 45.3 Å². The SMILES string of the molecule is CCCCOc1ccc(C(=O)OCC(=O)Nc2ccc(C(=O)OC)cc2)cc1OC. The lowest BCUT2D eigenvalue weighted by Crippen LogP contribution is -2.21. The van der Waals surface area contributed by atoms with E-state index in [1.807, 2.05) is 0 Å². The smallest absolute Gasteiger partial charge is 0.338 e. The van der Waals surface area contributed by atoms with Crippen LogP contribution < -0.4 is 14.8 Å². The number of amides is 1. The summed E-state index contributed by atoms with van der Waals surface area (Å²) in [4.78, 5) is 35.7. The van der Waals surface area contributed by atoms with Gasteiger partial charge in [0.2, 0.25) is 0 Å². The zero-order valence-corrected chi connectivity index (χ0v) is 17.2. The zero-order chi connectivity index (χ0) is 21.9. The third-order valence-electron chi connectivity index (χ3n) is 4.08. The van der Waals surface area contributed by atoms with Crippen molar-refractivity contribution in [3.63, 3.8) is 0 Å². The van der Waals surface area contributed by atoms with Crippen molar-refractivity contribution in [3.05, 3.63) is 53.6 Å². The van der Waals surface area contributed by atoms with Gasteiger partial charge < -0.3 is 24.3 Å². The van der Waals surface area contributed by atoms with Crippen LogP contribution in [-0.2, 0) is 14.3 Å². The van der Waals surface area contributed by atoms with E-state index in [9.17, 15) is 14.4 Å². The number of esters is 2. The summed E-state index contributed by atoms with van der Waals surface area (Å²) in [6, 6.07) is 10.8. The molecule has 2 aromatic carbocycles. The van der Waals surface area contributed by atoms with E-state index in [1.54, 1.807) is 24.3 Å². The van der Waals surface area contributed by atoms with Gasteiger partial charge in [0.25, 0.3) is 5.91 Å². The highest BCUT2D eigenvalue weighted by Gasteiger charge is 2.14. The molecule has 0 atom stereocenters. The number of methoxy groups -OCH3 is 2. The maximum absolute atomic E-state index is 12.2. The first-order valence-electron chi connectivity index (χ1n) is 9.44. The summed E-state index contributed by atoms with van der Waals surface area (Å²) in [5.41, 5.74) is 1.06. The molecule has 0 heterocycles. The molecule has 0 fully saturated rings. The van der Waals surface area contributed by atoms with E-state index in [0.717, 1.165) is 12.8 Å². The van der Waals surface area contributed by atoms with Crippen molar-refractivity contribution in [2.75, 3.05) is 32.8 Å². The minimum absolute atomic E-state index is 0.241. The molecule has 2 rings (SSSR count). The summed E-state index contributed by atoms with van der Waals surface area (Å²) in [5.74, 6) is -0.699. The van der Waals surface area contributed by atoms with Crippen molar-refractivity contribution in [1.82, 2.24) is 0 Å². The summed E-state index contributed by atoms with van der Waals surface area (Å²) in [5, 5.41) is 2.58. The Hall–Kier alpha value is -3.55. The maximum atomic E-state index is 12.2. The highest BCUT2D eigenvalue weighted by atomic mass is 16.5. The standard InChI is InChI=1S/C22H25NO7/c1-4-5-12-29-18-11-8-16(13-19(18)27-2)22(26)30-14-20(24)23-17-9-6-15(7-10-17)21(25)28-3/h6-11,13H,4-5,12,14H2,1-3H3,(H,23,24). The Morgan fingerprint density at radius 2 is 1.60 bits per heavy atom. The fraction of sp³-hybridized carbons (Fsp3) is 0.318. The molecule has 0 spiro atoms. The molecule has 0 bridgehead atoms. The fourth-order valence-electron chi connectivity index (χ4n) is 2.46. The molecule has 0 radical (unpaired) electrons. The Labute approximate surface area is 175 Å². The van der Waals surface area contributed by atoms with Gasteiger partial charge in [0.05, 0.1) is 32.0 Å². The number of hydrogen-bond acceptors (Lipinski definition) is 7. The van der Waals surface area contributed by atoms with Crippen LogP contribution >= 0.6 is 0 Å². The third-order valence-corrected chi connectivity index (χ3v) is 4.08. The first-order chi connectivity index (χ1) is 14.5. The van der Waals surface area contributed by atoms with E-state index < -0.39 is 24.5 Å². The van der Waals surface area contributed by atoms with E-state index in [2.05, 4.69) is 17.0 Å². The summed E-state index contributed by atoms with van der Waals surface area (Å²) in [6.45, 7) is 2.15. The van der Waals surface area contributed by atoms with Crippen LogP contribution in [0, 0.1) is 0 Å². The van der Waals surface area contributed by atoms with Crippen molar-refractivity contribution < 1.29 is 33.3 Å². The van der Waals surface area contributed by atoms with Gasteiger partial charge in [-0.1, -0.05) is 13.3 Å². The van der Waals surface area contributed by atoms with E-state index in [-0.39, 0.29) is 5.56 Å². The van der Waals surface area contributed by atoms with Crippen molar-refractivity contribution in [2.24, 2.45) is 0 Å². The molecule has 0 aliphatic rings. The lowest BCUT2D eigenvalue weighted by Gasteiger charge is -2.12. The number of benzene rings is 2. The number of anilines is 1. The Bertz CT molecular complexity index is 878. The number of rotatable bonds is 10. The van der Waals surface area contributed by atoms with Crippen LogP contribution in [0.3, 0.4) is 0 Å². The van der Waals surface area contributed by atoms with E-state index in [4.69, 9.17) is 14.2 Å². The molecule has 0 unspecified atom stereocenters. The van der Waals surface area contributed by atoms with Gasteiger partial charge in [-0.05, 0) is 48.9 Å². The second-order valence-corrected chi connectivity index (χ2v) is 6.26. The lowest BCUT2D eigenvalue weighted by molar-refractivity contribution is -0.119. The van der Waals surface area contributed by atoms with Gasteiger partial charge in [-0.25, -0.2) is 9.59 Å². The maximum Gasteiger partial charge on any atom is 0.338 e. The average molecular weight is 415 g/mol. The molecule has 0 aliphatic carbocycles. The number of carbonyl (C=O) groups excluding carboxylic acids is 3. The number of ether oxygens (including phenoxy) is 4. The fourth-order valence-corrected chi connectivity index (χ4v) is 2.46. The van der Waals surface area contributed by atoms with Gasteiger partial charge in [0, 0.05) is 5.69 Å². The van der Waals surface area contributed by atoms with Crippen LogP contribution in [0.15, 0.2) is 42.5 Å². The topological polar surface area (TPSA) is 100 Å². The predicted molar refractivity (Wildman–Crippen MR) is 110 cm³/mol. The first kappa shape index (κ1) is 22.7. The quantitative estimate of drug-likeness (QED) is 0.468. The van der Waals surface area contributed by atoms with E-state index in [0.29, 0.717) is 29.4 Å². The molecule has 160 valence electrons. The first-order valence-corrected chi connectivity index (χ1v) is 9.44. The minimum atomic E-state index is -0.662. The molecular formula is C22H25NO7. The van der Waals surface area contributed by atoms with Crippen LogP contribution in [0.2, 0.25) is 0 Å². The van der Waals surface area contributed by atoms with Gasteiger partial charge in [-0.2, -0.15) is 0 Å². The van der Waals surface area contributed by atoms with Gasteiger partial charge in [0.15, 0.2) is 18.1 Å². The largest absolute Gasteiger partial charge is 0.493 e. The zero-order valence-electron chi connectivity index (χ0n) is 17.2. The number of unbranched alkanes of at least 4 members (excludes halogenated alkanes) is 1. The van der Waals surface area contributed by atoms with Crippen molar-refractivity contribution in [3.8, 4) is 11.5 Å². The molecule has 30 heavy (non-hydrogen) atoms. The summed E-state index contributed by atoms with van der Waals surface area (Å²) in [7, 11) is 2.77. The molecule has 0 saturated heterocycles. The van der Waals surface area contributed by atoms with Crippen molar-refractivity contribution in [1.29, 1.82) is 0 Å². The Kier molecular flexibility index (Phi) is 8.68. The van der Waals surface area contributed by atoms with Gasteiger partial charge in [-0.3, -0.25) is 4.79 Å². The van der Waals surface area contributed by atoms with Gasteiger partial charge in [-0.15, -0.1) is 0 Å². The molecule has 1 amide bonds. The van der Waals surface area contributed by atoms with Crippen LogP contribution in [0.4, 0.5) is 5.69 Å². The normalized spacial score (nSPS) is 10.1. The Morgan fingerprint density at radius 1 is 0.900 bits per heavy atom. The van der Waals surface area contributed by atoms with E-state index >= 15 is 0 Å². The average Bonchev–Trinajstić information content (AvgIpc) is 2.77. The molecule has 2 aromatic rings. The summed E-state index contributed by atoms with van der Waals surface area (Å²) < 4.78 is 20.6. The highest BCUT2D eigenvalue weighted by molar-refractivity contribution is 5.96. The van der Waals surface area contributed by atoms with Crippen LogP contribution in [0.1, 0.15) is 40.5 Å². The van der Waals surface area contributed by atoms with Crippen LogP contribution in [0.25, 0.3) is 0 Å². The van der Waals surface area contributed by atoms with Gasteiger partial charge in [0.1, 0.15) is 0 Å². The Morgan fingerprint density at radius 3 is 2.23 bits per heavy atom. The molecule has 1 N–H and O–H groups in total. The lowest BCUT2D eigenvalue weighted by atomic mass is 10.2. The van der Waals surface area contributed by atoms with Crippen molar-refractivity contribution >= 4 is 23.5 Å². The number of nitrogens with one attached hydrogen (secondary N) is 1. The molecule has 8 nitrogen and oxygen atoms in total. The van der Waals surface area contributed by atoms with Gasteiger partial charge >= 0.3 is 11.9 Å². The summed E-state index contributed by atoms with van der Waals surface area (Å²) >= 11 is 0. The predicted octanol–water partition coefficient (Wildman–Crippen LogP) is 3.46. The molecule has 8 heteroatoms. The monoisotopic (exact) mass is 415 g/mol. The highest BCUT2D eigenvalue weighted by Crippen LogP contribution is 2.28. The van der Waals surface area contributed by atoms with Crippen LogP contribution in [0.5, 0.6) is 11.5 Å². The molecular weight excluding hydrogens is 390 g/mol. The second kappa shape index (κ2) is 11.5. The second-order valence-electron chi connectivity index (χ2n) is 6.26. The minimum Gasteiger partial charge on any atom is -0.493 e. The number of carbonyl (C=O) groups is 3. The van der Waals surface area contributed by atoms with E-state index in [1.165, 1.54) is 32.4 Å². The Balaban J connectivity index is 1.90. The summed E-state index contributed by atoms with van der Waals surface area (Å²) in [6.07, 6.45) is 1.91. The number of hydrogen-bond donors (Lipinski definition) is 1. The molecule has 0 aliphatic heterocycles. The van der Waals surface area contributed by atoms with Crippen molar-refractivity contribution in [2.45, 2.75) is 19.8 Å².